The lowest BCUT2D eigenvalue weighted by atomic mass is 10.1. The van der Waals surface area contributed by atoms with Gasteiger partial charge in [-0.05, 0) is 56.4 Å². The van der Waals surface area contributed by atoms with E-state index in [1.807, 2.05) is 0 Å². The van der Waals surface area contributed by atoms with E-state index in [4.69, 9.17) is 5.84 Å². The van der Waals surface area contributed by atoms with E-state index in [0.29, 0.717) is 37.1 Å². The molecule has 1 aromatic rings. The van der Waals surface area contributed by atoms with Gasteiger partial charge in [-0.25, -0.2) is 5.43 Å². The number of anilines is 1. The molecule has 7 nitrogen and oxygen atoms in total. The number of hydrogen-bond donors (Lipinski definition) is 5. The number of allylic oxidation sites excluding steroid dienone is 1. The van der Waals surface area contributed by atoms with Crippen LogP contribution in [0.15, 0.2) is 35.7 Å². The number of unbranched alkanes of at least 4 members (excludes halogenated alkanes) is 2. The molecule has 1 aliphatic carbocycles. The lowest BCUT2D eigenvalue weighted by Crippen LogP contribution is -2.91. The van der Waals surface area contributed by atoms with Gasteiger partial charge in [0.05, 0.1) is 12.4 Å². The average Bonchev–Trinajstić information content (AvgIpc) is 3.53. The lowest BCUT2D eigenvalue weighted by molar-refractivity contribution is -0.614. The quantitative estimate of drug-likeness (QED) is 0.111. The number of amides is 2. The van der Waals surface area contributed by atoms with Crippen LogP contribution in [0.5, 0.6) is 0 Å². The summed E-state index contributed by atoms with van der Waals surface area (Å²) in [5.41, 5.74) is 2.65. The number of nitrogens with one attached hydrogen (secondary N) is 3. The van der Waals surface area contributed by atoms with Gasteiger partial charge in [-0.2, -0.15) is 19.0 Å². The third-order valence-electron chi connectivity index (χ3n) is 4.60. The zero-order chi connectivity index (χ0) is 22.9. The SMILES string of the molecule is N[NH2+]/C(C(=O)NC1CC1)=C(/CCCCCF)Nc1ccc(C(=O)NCC(F)(F)F)cc1. The Morgan fingerprint density at radius 2 is 1.77 bits per heavy atom. The Balaban J connectivity index is 2.10. The third-order valence-corrected chi connectivity index (χ3v) is 4.60. The molecule has 0 saturated heterocycles. The van der Waals surface area contributed by atoms with Crippen molar-refractivity contribution in [3.8, 4) is 0 Å². The van der Waals surface area contributed by atoms with E-state index in [-0.39, 0.29) is 23.2 Å². The van der Waals surface area contributed by atoms with E-state index in [2.05, 4.69) is 10.6 Å². The molecule has 1 saturated carbocycles. The van der Waals surface area contributed by atoms with E-state index in [9.17, 15) is 27.2 Å². The topological polar surface area (TPSA) is 113 Å². The second kappa shape index (κ2) is 11.7. The minimum Gasteiger partial charge on any atom is -0.354 e. The van der Waals surface area contributed by atoms with Gasteiger partial charge in [-0.1, -0.05) is 6.42 Å². The summed E-state index contributed by atoms with van der Waals surface area (Å²) < 4.78 is 49.1. The fourth-order valence-electron chi connectivity index (χ4n) is 2.80. The second-order valence-corrected chi connectivity index (χ2v) is 7.31. The normalized spacial score (nSPS) is 14.6. The summed E-state index contributed by atoms with van der Waals surface area (Å²) in [7, 11) is 0. The summed E-state index contributed by atoms with van der Waals surface area (Å²) in [6.45, 7) is -1.83. The Hall–Kier alpha value is -2.66. The van der Waals surface area contributed by atoms with Crippen LogP contribution < -0.4 is 27.2 Å². The van der Waals surface area contributed by atoms with Gasteiger partial charge in [0.15, 0.2) is 0 Å². The fourth-order valence-corrected chi connectivity index (χ4v) is 2.80. The molecule has 1 fully saturated rings. The largest absolute Gasteiger partial charge is 0.405 e. The Bertz CT molecular complexity index is 777. The van der Waals surface area contributed by atoms with Gasteiger partial charge in [0.25, 0.3) is 5.91 Å². The zero-order valence-corrected chi connectivity index (χ0v) is 17.0. The fraction of sp³-hybridized carbons (Fsp3) is 0.500. The molecule has 0 aliphatic heterocycles. The van der Waals surface area contributed by atoms with Crippen LogP contribution in [0.2, 0.25) is 0 Å². The molecule has 0 radical (unpaired) electrons. The van der Waals surface area contributed by atoms with E-state index in [1.54, 1.807) is 5.32 Å². The molecule has 0 heterocycles. The Kier molecular flexibility index (Phi) is 9.25. The van der Waals surface area contributed by atoms with Crippen molar-refractivity contribution >= 4 is 17.5 Å². The maximum absolute atomic E-state index is 12.5. The smallest absolute Gasteiger partial charge is 0.354 e. The minimum absolute atomic E-state index is 0.0698. The van der Waals surface area contributed by atoms with E-state index in [1.165, 1.54) is 29.7 Å². The average molecular weight is 446 g/mol. The maximum Gasteiger partial charge on any atom is 0.405 e. The van der Waals surface area contributed by atoms with Crippen LogP contribution in [0.25, 0.3) is 0 Å². The molecule has 0 bridgehead atoms. The van der Waals surface area contributed by atoms with Gasteiger partial charge in [0, 0.05) is 17.3 Å². The van der Waals surface area contributed by atoms with Crippen molar-refractivity contribution in [2.24, 2.45) is 5.84 Å². The second-order valence-electron chi connectivity index (χ2n) is 7.31. The third kappa shape index (κ3) is 8.93. The van der Waals surface area contributed by atoms with Gasteiger partial charge < -0.3 is 16.0 Å². The van der Waals surface area contributed by atoms with Crippen LogP contribution in [0.3, 0.4) is 0 Å². The standard InChI is InChI=1S/C20H27F4N5O2/c21-11-3-1-2-4-16(17(29-25)19(31)28-15-9-10-15)27-14-7-5-13(6-8-14)18(30)26-12-20(22,23)24/h5-8,15,27,29H,1-4,9-12,25H2,(H,26,30)(H,28,31)/p+1/b17-16-. The zero-order valence-electron chi connectivity index (χ0n) is 17.0. The van der Waals surface area contributed by atoms with Crippen molar-refractivity contribution in [1.82, 2.24) is 10.6 Å². The molecule has 0 aromatic heterocycles. The van der Waals surface area contributed by atoms with Crippen LogP contribution in [-0.2, 0) is 4.79 Å². The van der Waals surface area contributed by atoms with E-state index < -0.39 is 25.3 Å². The van der Waals surface area contributed by atoms with E-state index in [0.717, 1.165) is 12.8 Å². The van der Waals surface area contributed by atoms with Crippen molar-refractivity contribution in [2.75, 3.05) is 18.5 Å². The molecule has 11 heteroatoms. The summed E-state index contributed by atoms with van der Waals surface area (Å²) in [6, 6.07) is 5.95. The van der Waals surface area contributed by atoms with Crippen LogP contribution in [0.4, 0.5) is 23.2 Å². The molecule has 1 aromatic carbocycles. The summed E-state index contributed by atoms with van der Waals surface area (Å²) in [5.74, 6) is 4.55. The van der Waals surface area contributed by atoms with Gasteiger partial charge in [0.1, 0.15) is 6.54 Å². The predicted molar refractivity (Wildman–Crippen MR) is 107 cm³/mol. The number of nitrogens with two attached hydrogens (primary N) is 2. The summed E-state index contributed by atoms with van der Waals surface area (Å²) in [4.78, 5) is 24.4. The van der Waals surface area contributed by atoms with Crippen LogP contribution >= 0.6 is 0 Å². The van der Waals surface area contributed by atoms with Crippen molar-refractivity contribution in [2.45, 2.75) is 50.7 Å². The van der Waals surface area contributed by atoms with Crippen LogP contribution in [-0.4, -0.2) is 37.3 Å². The van der Waals surface area contributed by atoms with Crippen LogP contribution in [0.1, 0.15) is 48.9 Å². The minimum atomic E-state index is -4.49. The van der Waals surface area contributed by atoms with Crippen LogP contribution in [0, 0.1) is 0 Å². The summed E-state index contributed by atoms with van der Waals surface area (Å²) in [5, 5.41) is 7.78. The highest BCUT2D eigenvalue weighted by Gasteiger charge is 2.29. The number of halogens is 4. The number of benzene rings is 1. The van der Waals surface area contributed by atoms with Crippen molar-refractivity contribution in [3.63, 3.8) is 0 Å². The summed E-state index contributed by atoms with van der Waals surface area (Å²) >= 11 is 0. The van der Waals surface area contributed by atoms with Gasteiger partial charge in [-0.15, -0.1) is 0 Å². The number of alkyl halides is 4. The first-order chi connectivity index (χ1) is 14.7. The molecule has 7 N–H and O–H groups in total. The number of quaternary nitrogens is 1. The number of carbonyl (C=O) groups excluding carboxylic acids is 2. The molecule has 172 valence electrons. The predicted octanol–water partition coefficient (Wildman–Crippen LogP) is 1.85. The number of carbonyl (C=O) groups is 2. The number of hydrogen-bond acceptors (Lipinski definition) is 4. The first-order valence-electron chi connectivity index (χ1n) is 10.1. The highest BCUT2D eigenvalue weighted by atomic mass is 19.4. The van der Waals surface area contributed by atoms with E-state index >= 15 is 0 Å². The van der Waals surface area contributed by atoms with Crippen molar-refractivity contribution in [1.29, 1.82) is 0 Å². The molecule has 2 amide bonds. The molecule has 1 aliphatic rings. The molecule has 0 spiro atoms. The van der Waals surface area contributed by atoms with Crippen molar-refractivity contribution in [3.05, 3.63) is 41.2 Å². The first kappa shape index (κ1) is 24.6. The van der Waals surface area contributed by atoms with Gasteiger partial charge in [-0.3, -0.25) is 14.0 Å². The molecule has 2 rings (SSSR count). The lowest BCUT2D eigenvalue weighted by Gasteiger charge is -2.14. The molecular weight excluding hydrogens is 418 g/mol. The molecular formula is C20H28F4N5O2+. The van der Waals surface area contributed by atoms with Crippen molar-refractivity contribution < 1.29 is 32.6 Å². The molecule has 0 atom stereocenters. The Morgan fingerprint density at radius 3 is 2.32 bits per heavy atom. The van der Waals surface area contributed by atoms with Gasteiger partial charge >= 0.3 is 12.1 Å². The number of rotatable bonds is 12. The van der Waals surface area contributed by atoms with Gasteiger partial charge in [0.2, 0.25) is 5.70 Å². The molecule has 0 unspecified atom stereocenters. The highest BCUT2D eigenvalue weighted by Crippen LogP contribution is 2.21. The molecule has 31 heavy (non-hydrogen) atoms. The Labute approximate surface area is 177 Å². The first-order valence-corrected chi connectivity index (χ1v) is 10.1. The highest BCUT2D eigenvalue weighted by molar-refractivity contribution is 5.94. The maximum atomic E-state index is 12.5. The monoisotopic (exact) mass is 446 g/mol. The Morgan fingerprint density at radius 1 is 1.10 bits per heavy atom. The summed E-state index contributed by atoms with van der Waals surface area (Å²) in [6.07, 6.45) is -0.503.